The van der Waals surface area contributed by atoms with Crippen LogP contribution in [0.1, 0.15) is 91.9 Å². The van der Waals surface area contributed by atoms with Gasteiger partial charge in [-0.3, -0.25) is 4.79 Å². The number of ether oxygens (including phenoxy) is 1. The van der Waals surface area contributed by atoms with Crippen LogP contribution in [0.5, 0.6) is 0 Å². The molecule has 4 nitrogen and oxygen atoms in total. The first-order valence-electron chi connectivity index (χ1n) is 12.5. The first-order chi connectivity index (χ1) is 14.0. The average molecular weight is 421 g/mol. The second kappa shape index (κ2) is 7.76. The van der Waals surface area contributed by atoms with E-state index in [2.05, 4.69) is 27.7 Å². The van der Waals surface area contributed by atoms with E-state index in [-0.39, 0.29) is 22.9 Å². The lowest BCUT2D eigenvalue weighted by Crippen LogP contribution is -2.62. The minimum Gasteiger partial charge on any atom is -0.469 e. The van der Waals surface area contributed by atoms with Gasteiger partial charge in [0, 0.05) is 6.42 Å². The number of hydrogen-bond acceptors (Lipinski definition) is 4. The molecule has 4 saturated carbocycles. The van der Waals surface area contributed by atoms with Crippen LogP contribution < -0.4 is 0 Å². The number of methoxy groups -OCH3 is 1. The summed E-state index contributed by atoms with van der Waals surface area (Å²) in [6, 6.07) is 0. The molecule has 4 aliphatic carbocycles. The Morgan fingerprint density at radius 3 is 2.43 bits per heavy atom. The van der Waals surface area contributed by atoms with Crippen LogP contribution in [0.2, 0.25) is 0 Å². The quantitative estimate of drug-likeness (QED) is 0.631. The van der Waals surface area contributed by atoms with Crippen molar-refractivity contribution in [1.82, 2.24) is 0 Å². The Labute approximate surface area is 183 Å². The molecule has 10 atom stereocenters. The van der Waals surface area contributed by atoms with E-state index in [1.165, 1.54) is 32.8 Å². The van der Waals surface area contributed by atoms with Gasteiger partial charge in [-0.15, -0.1) is 0 Å². The van der Waals surface area contributed by atoms with Gasteiger partial charge in [-0.25, -0.2) is 0 Å². The average Bonchev–Trinajstić information content (AvgIpc) is 3.04. The highest BCUT2D eigenvalue weighted by Crippen LogP contribution is 2.70. The van der Waals surface area contributed by atoms with Crippen LogP contribution in [0.25, 0.3) is 0 Å². The van der Waals surface area contributed by atoms with Crippen LogP contribution >= 0.6 is 0 Å². The van der Waals surface area contributed by atoms with Crippen LogP contribution in [-0.4, -0.2) is 35.0 Å². The summed E-state index contributed by atoms with van der Waals surface area (Å²) in [6.07, 6.45) is 9.86. The van der Waals surface area contributed by atoms with Crippen molar-refractivity contribution in [2.24, 2.45) is 46.3 Å². The number of carbonyl (C=O) groups excluding carboxylic acids is 1. The summed E-state index contributed by atoms with van der Waals surface area (Å²) in [6.45, 7) is 9.40. The van der Waals surface area contributed by atoms with Crippen molar-refractivity contribution in [3.63, 3.8) is 0 Å². The van der Waals surface area contributed by atoms with E-state index in [0.717, 1.165) is 32.1 Å². The molecule has 0 spiro atoms. The molecular formula is C26H44O4. The van der Waals surface area contributed by atoms with E-state index in [0.29, 0.717) is 41.9 Å². The molecule has 30 heavy (non-hydrogen) atoms. The van der Waals surface area contributed by atoms with E-state index in [9.17, 15) is 15.0 Å². The molecule has 0 aromatic heterocycles. The SMILES string of the molecule is COC(=O)CC[C@@H](C)[C@H]1CC[C@H]2[C@H]3[C@H](CC[C@]12C)[C@@]1(C)CC[C@@H](O)C[C@H]1C[C@@]3(C)O. The van der Waals surface area contributed by atoms with E-state index >= 15 is 0 Å². The fourth-order valence-corrected chi connectivity index (χ4v) is 9.21. The highest BCUT2D eigenvalue weighted by molar-refractivity contribution is 5.69. The van der Waals surface area contributed by atoms with Crippen molar-refractivity contribution in [1.29, 1.82) is 0 Å². The third-order valence-corrected chi connectivity index (χ3v) is 10.8. The molecule has 2 N–H and O–H groups in total. The van der Waals surface area contributed by atoms with Gasteiger partial charge in [-0.1, -0.05) is 20.8 Å². The Hall–Kier alpha value is -0.610. The third kappa shape index (κ3) is 3.45. The maximum atomic E-state index is 11.8. The monoisotopic (exact) mass is 420 g/mol. The maximum Gasteiger partial charge on any atom is 0.305 e. The first kappa shape index (κ1) is 22.6. The van der Waals surface area contributed by atoms with Crippen molar-refractivity contribution in [3.8, 4) is 0 Å². The van der Waals surface area contributed by atoms with Gasteiger partial charge in [-0.2, -0.15) is 0 Å². The number of carbonyl (C=O) groups is 1. The zero-order chi connectivity index (χ0) is 21.9. The van der Waals surface area contributed by atoms with Gasteiger partial charge in [0.25, 0.3) is 0 Å². The molecule has 4 aliphatic rings. The molecule has 0 saturated heterocycles. The second-order valence-corrected chi connectivity index (χ2v) is 12.3. The molecule has 0 aliphatic heterocycles. The third-order valence-electron chi connectivity index (χ3n) is 10.8. The molecule has 0 unspecified atom stereocenters. The van der Waals surface area contributed by atoms with Gasteiger partial charge in [0.2, 0.25) is 0 Å². The Bertz CT molecular complexity index is 659. The van der Waals surface area contributed by atoms with E-state index in [1.54, 1.807) is 0 Å². The molecule has 0 aromatic rings. The fourth-order valence-electron chi connectivity index (χ4n) is 9.21. The van der Waals surface area contributed by atoms with Crippen LogP contribution in [-0.2, 0) is 9.53 Å². The largest absolute Gasteiger partial charge is 0.469 e. The molecule has 0 amide bonds. The van der Waals surface area contributed by atoms with Crippen LogP contribution in [0, 0.1) is 46.3 Å². The lowest BCUT2D eigenvalue weighted by Gasteiger charge is -2.65. The van der Waals surface area contributed by atoms with Crippen molar-refractivity contribution in [2.45, 2.75) is 104 Å². The van der Waals surface area contributed by atoms with Crippen molar-refractivity contribution in [3.05, 3.63) is 0 Å². The number of hydrogen-bond donors (Lipinski definition) is 2. The highest BCUT2D eigenvalue weighted by Gasteiger charge is 2.65. The van der Waals surface area contributed by atoms with E-state index in [1.807, 2.05) is 0 Å². The van der Waals surface area contributed by atoms with Crippen molar-refractivity contribution >= 4 is 5.97 Å². The number of aliphatic hydroxyl groups excluding tert-OH is 1. The molecule has 0 aromatic carbocycles. The number of esters is 1. The minimum atomic E-state index is -0.637. The molecular weight excluding hydrogens is 376 g/mol. The van der Waals surface area contributed by atoms with Crippen molar-refractivity contribution < 1.29 is 19.7 Å². The smallest absolute Gasteiger partial charge is 0.305 e. The number of aliphatic hydroxyl groups is 2. The summed E-state index contributed by atoms with van der Waals surface area (Å²) < 4.78 is 4.87. The normalized spacial score (nSPS) is 51.4. The van der Waals surface area contributed by atoms with Crippen molar-refractivity contribution in [2.75, 3.05) is 7.11 Å². The molecule has 0 radical (unpaired) electrons. The van der Waals surface area contributed by atoms with Gasteiger partial charge in [0.05, 0.1) is 18.8 Å². The van der Waals surface area contributed by atoms with Gasteiger partial charge < -0.3 is 14.9 Å². The topological polar surface area (TPSA) is 66.8 Å². The molecule has 4 fully saturated rings. The zero-order valence-corrected chi connectivity index (χ0v) is 19.8. The number of rotatable bonds is 4. The zero-order valence-electron chi connectivity index (χ0n) is 19.8. The molecule has 4 heteroatoms. The maximum absolute atomic E-state index is 11.8. The summed E-state index contributed by atoms with van der Waals surface area (Å²) in [4.78, 5) is 11.7. The summed E-state index contributed by atoms with van der Waals surface area (Å²) in [7, 11) is 1.48. The molecule has 4 rings (SSSR count). The van der Waals surface area contributed by atoms with Crippen LogP contribution in [0.3, 0.4) is 0 Å². The van der Waals surface area contributed by atoms with Crippen LogP contribution in [0.4, 0.5) is 0 Å². The Morgan fingerprint density at radius 1 is 1.07 bits per heavy atom. The first-order valence-corrected chi connectivity index (χ1v) is 12.5. The minimum absolute atomic E-state index is 0.0982. The molecule has 0 heterocycles. The Balaban J connectivity index is 1.57. The Morgan fingerprint density at radius 2 is 1.73 bits per heavy atom. The highest BCUT2D eigenvalue weighted by atomic mass is 16.5. The van der Waals surface area contributed by atoms with E-state index in [4.69, 9.17) is 4.74 Å². The van der Waals surface area contributed by atoms with Gasteiger partial charge in [0.15, 0.2) is 0 Å². The number of fused-ring (bicyclic) bond motifs is 5. The standard InChI is InChI=1S/C26H44O4/c1-16(6-9-22(28)30-5)19-7-8-20-23-21(11-13-25(19,20)3)24(2)12-10-18(27)14-17(24)15-26(23,4)29/h16-21,23,27,29H,6-15H2,1-5H3/t16-,17+,18-,19-,20+,21+,23+,24+,25-,26-/m1/s1. The lowest BCUT2D eigenvalue weighted by molar-refractivity contribution is -0.212. The van der Waals surface area contributed by atoms with E-state index < -0.39 is 5.60 Å². The Kier molecular flexibility index (Phi) is 5.84. The molecule has 172 valence electrons. The summed E-state index contributed by atoms with van der Waals surface area (Å²) >= 11 is 0. The summed E-state index contributed by atoms with van der Waals surface area (Å²) in [5.41, 5.74) is -0.109. The van der Waals surface area contributed by atoms with Gasteiger partial charge in [0.1, 0.15) is 0 Å². The van der Waals surface area contributed by atoms with Gasteiger partial charge in [-0.05, 0) is 111 Å². The predicted octanol–water partition coefficient (Wildman–Crippen LogP) is 4.96. The second-order valence-electron chi connectivity index (χ2n) is 12.3. The van der Waals surface area contributed by atoms with Crippen LogP contribution in [0.15, 0.2) is 0 Å². The lowest BCUT2D eigenvalue weighted by atomic mass is 9.41. The summed E-state index contributed by atoms with van der Waals surface area (Å²) in [5, 5.41) is 22.1. The van der Waals surface area contributed by atoms with Gasteiger partial charge >= 0.3 is 5.97 Å². The summed E-state index contributed by atoms with van der Waals surface area (Å²) in [5.74, 6) is 2.99. The predicted molar refractivity (Wildman–Crippen MR) is 118 cm³/mol. The fraction of sp³-hybridized carbons (Fsp3) is 0.962. The molecule has 0 bridgehead atoms.